The molecule has 0 saturated heterocycles. The van der Waals surface area contributed by atoms with E-state index in [1.165, 1.54) is 0 Å². The molecule has 0 bridgehead atoms. The van der Waals surface area contributed by atoms with Gasteiger partial charge in [0.2, 0.25) is 5.95 Å². The predicted octanol–water partition coefficient (Wildman–Crippen LogP) is 1.79. The summed E-state index contributed by atoms with van der Waals surface area (Å²) in [7, 11) is 0. The maximum absolute atomic E-state index is 11.9. The lowest BCUT2D eigenvalue weighted by Gasteiger charge is -2.18. The summed E-state index contributed by atoms with van der Waals surface area (Å²) < 4.78 is 1.70. The molecule has 2 aromatic heterocycles. The molecule has 0 spiro atoms. The third-order valence-corrected chi connectivity index (χ3v) is 3.52. The van der Waals surface area contributed by atoms with Crippen LogP contribution in [0.1, 0.15) is 6.42 Å². The predicted molar refractivity (Wildman–Crippen MR) is 64.9 cm³/mol. The Labute approximate surface area is 96.6 Å². The van der Waals surface area contributed by atoms with Gasteiger partial charge in [0.15, 0.2) is 0 Å². The minimum Gasteiger partial charge on any atom is -0.355 e. The van der Waals surface area contributed by atoms with Gasteiger partial charge in [-0.15, -0.1) is 11.3 Å². The molecule has 0 aliphatic carbocycles. The third-order valence-electron chi connectivity index (χ3n) is 2.62. The Morgan fingerprint density at radius 1 is 1.50 bits per heavy atom. The van der Waals surface area contributed by atoms with Crippen molar-refractivity contribution in [2.45, 2.75) is 13.0 Å². The molecule has 0 unspecified atom stereocenters. The standard InChI is InChI=1S/C11H11N3OS/c15-10-7-8(9-3-1-6-16-9)13-11-12-4-2-5-14(10)11/h1,3,6-7H,2,4-5H2,(H,12,13). The van der Waals surface area contributed by atoms with Gasteiger partial charge in [0.1, 0.15) is 0 Å². The molecule has 16 heavy (non-hydrogen) atoms. The molecule has 82 valence electrons. The molecule has 0 amide bonds. The molecular formula is C11H11N3OS. The summed E-state index contributed by atoms with van der Waals surface area (Å²) in [6.07, 6.45) is 0.979. The van der Waals surface area contributed by atoms with E-state index in [1.807, 2.05) is 17.5 Å². The molecular weight excluding hydrogens is 222 g/mol. The molecule has 3 rings (SSSR count). The molecule has 4 nitrogen and oxygen atoms in total. The SMILES string of the molecule is O=c1cc(-c2cccs2)nc2n1CCCN2. The average molecular weight is 233 g/mol. The van der Waals surface area contributed by atoms with Gasteiger partial charge in [0.25, 0.3) is 5.56 Å². The second-order valence-corrected chi connectivity index (χ2v) is 4.66. The Balaban J connectivity index is 2.16. The van der Waals surface area contributed by atoms with Crippen LogP contribution in [0.2, 0.25) is 0 Å². The van der Waals surface area contributed by atoms with E-state index in [9.17, 15) is 4.79 Å². The van der Waals surface area contributed by atoms with Crippen LogP contribution in [0.4, 0.5) is 5.95 Å². The number of hydrogen-bond acceptors (Lipinski definition) is 4. The van der Waals surface area contributed by atoms with E-state index in [0.717, 1.165) is 30.1 Å². The van der Waals surface area contributed by atoms with Gasteiger partial charge < -0.3 is 5.32 Å². The minimum absolute atomic E-state index is 0.0283. The lowest BCUT2D eigenvalue weighted by Crippen LogP contribution is -2.29. The van der Waals surface area contributed by atoms with E-state index in [-0.39, 0.29) is 5.56 Å². The van der Waals surface area contributed by atoms with Gasteiger partial charge in [0.05, 0.1) is 10.6 Å². The van der Waals surface area contributed by atoms with Crippen molar-refractivity contribution in [1.82, 2.24) is 9.55 Å². The number of anilines is 1. The molecule has 0 aromatic carbocycles. The Morgan fingerprint density at radius 3 is 3.25 bits per heavy atom. The fourth-order valence-corrected chi connectivity index (χ4v) is 2.53. The largest absolute Gasteiger partial charge is 0.355 e. The molecule has 0 radical (unpaired) electrons. The van der Waals surface area contributed by atoms with Crippen molar-refractivity contribution in [2.75, 3.05) is 11.9 Å². The Bertz CT molecular complexity index is 559. The zero-order valence-corrected chi connectivity index (χ0v) is 9.46. The van der Waals surface area contributed by atoms with Crippen LogP contribution in [0.5, 0.6) is 0 Å². The number of fused-ring (bicyclic) bond motifs is 1. The van der Waals surface area contributed by atoms with E-state index in [0.29, 0.717) is 5.95 Å². The molecule has 5 heteroatoms. The average Bonchev–Trinajstić information content (AvgIpc) is 2.82. The summed E-state index contributed by atoms with van der Waals surface area (Å²) in [6.45, 7) is 1.65. The maximum atomic E-state index is 11.9. The van der Waals surface area contributed by atoms with Crippen LogP contribution in [0.3, 0.4) is 0 Å². The maximum Gasteiger partial charge on any atom is 0.255 e. The lowest BCUT2D eigenvalue weighted by molar-refractivity contribution is 0.597. The number of nitrogens with zero attached hydrogens (tertiary/aromatic N) is 2. The van der Waals surface area contributed by atoms with Gasteiger partial charge in [-0.05, 0) is 17.9 Å². The van der Waals surface area contributed by atoms with Crippen molar-refractivity contribution in [3.05, 3.63) is 33.9 Å². The first-order valence-electron chi connectivity index (χ1n) is 5.24. The molecule has 0 fully saturated rings. The number of hydrogen-bond donors (Lipinski definition) is 1. The number of thiophene rings is 1. The third kappa shape index (κ3) is 1.53. The van der Waals surface area contributed by atoms with E-state index in [4.69, 9.17) is 0 Å². The van der Waals surface area contributed by atoms with Gasteiger partial charge in [-0.2, -0.15) is 0 Å². The summed E-state index contributed by atoms with van der Waals surface area (Å²) in [6, 6.07) is 5.56. The van der Waals surface area contributed by atoms with Crippen LogP contribution in [-0.4, -0.2) is 16.1 Å². The molecule has 1 aliphatic heterocycles. The molecule has 3 heterocycles. The van der Waals surface area contributed by atoms with Crippen LogP contribution in [0, 0.1) is 0 Å². The quantitative estimate of drug-likeness (QED) is 0.816. The van der Waals surface area contributed by atoms with Gasteiger partial charge in [-0.25, -0.2) is 4.98 Å². The zero-order valence-electron chi connectivity index (χ0n) is 8.64. The van der Waals surface area contributed by atoms with E-state index in [1.54, 1.807) is 22.0 Å². The number of rotatable bonds is 1. The summed E-state index contributed by atoms with van der Waals surface area (Å²) in [5.74, 6) is 0.696. The highest BCUT2D eigenvalue weighted by Crippen LogP contribution is 2.23. The van der Waals surface area contributed by atoms with Crippen molar-refractivity contribution in [2.24, 2.45) is 0 Å². The Kier molecular flexibility index (Phi) is 2.25. The molecule has 0 saturated carbocycles. The van der Waals surface area contributed by atoms with Crippen LogP contribution < -0.4 is 10.9 Å². The molecule has 1 N–H and O–H groups in total. The lowest BCUT2D eigenvalue weighted by atomic mass is 10.3. The zero-order chi connectivity index (χ0) is 11.0. The van der Waals surface area contributed by atoms with Gasteiger partial charge in [-0.3, -0.25) is 9.36 Å². The van der Waals surface area contributed by atoms with Crippen molar-refractivity contribution in [1.29, 1.82) is 0 Å². The highest BCUT2D eigenvalue weighted by molar-refractivity contribution is 7.13. The van der Waals surface area contributed by atoms with Crippen LogP contribution in [0.15, 0.2) is 28.4 Å². The first kappa shape index (κ1) is 9.59. The fraction of sp³-hybridized carbons (Fsp3) is 0.273. The summed E-state index contributed by atoms with van der Waals surface area (Å²) in [4.78, 5) is 17.4. The van der Waals surface area contributed by atoms with E-state index >= 15 is 0 Å². The number of aromatic nitrogens is 2. The molecule has 1 aliphatic rings. The van der Waals surface area contributed by atoms with E-state index < -0.39 is 0 Å². The molecule has 2 aromatic rings. The topological polar surface area (TPSA) is 46.9 Å². The van der Waals surface area contributed by atoms with Gasteiger partial charge >= 0.3 is 0 Å². The second kappa shape index (κ2) is 3.75. The summed E-state index contributed by atoms with van der Waals surface area (Å²) in [5.41, 5.74) is 0.793. The first-order chi connectivity index (χ1) is 7.84. The summed E-state index contributed by atoms with van der Waals surface area (Å²) >= 11 is 1.60. The highest BCUT2D eigenvalue weighted by atomic mass is 32.1. The molecule has 0 atom stereocenters. The fourth-order valence-electron chi connectivity index (χ4n) is 1.84. The smallest absolute Gasteiger partial charge is 0.255 e. The van der Waals surface area contributed by atoms with Crippen molar-refractivity contribution in [3.63, 3.8) is 0 Å². The van der Waals surface area contributed by atoms with Crippen molar-refractivity contribution >= 4 is 17.3 Å². The highest BCUT2D eigenvalue weighted by Gasteiger charge is 2.13. The van der Waals surface area contributed by atoms with Crippen LogP contribution >= 0.6 is 11.3 Å². The van der Waals surface area contributed by atoms with E-state index in [2.05, 4.69) is 10.3 Å². The first-order valence-corrected chi connectivity index (χ1v) is 6.12. The van der Waals surface area contributed by atoms with Gasteiger partial charge in [0, 0.05) is 19.2 Å². The van der Waals surface area contributed by atoms with Crippen LogP contribution in [-0.2, 0) is 6.54 Å². The normalized spacial score (nSPS) is 14.2. The second-order valence-electron chi connectivity index (χ2n) is 3.71. The Morgan fingerprint density at radius 2 is 2.44 bits per heavy atom. The Hall–Kier alpha value is -1.62. The summed E-state index contributed by atoms with van der Waals surface area (Å²) in [5, 5.41) is 5.15. The van der Waals surface area contributed by atoms with Crippen LogP contribution in [0.25, 0.3) is 10.6 Å². The van der Waals surface area contributed by atoms with Crippen molar-refractivity contribution < 1.29 is 0 Å². The number of nitrogens with one attached hydrogen (secondary N) is 1. The van der Waals surface area contributed by atoms with Crippen molar-refractivity contribution in [3.8, 4) is 10.6 Å². The monoisotopic (exact) mass is 233 g/mol. The van der Waals surface area contributed by atoms with Gasteiger partial charge in [-0.1, -0.05) is 6.07 Å². The minimum atomic E-state index is 0.0283.